The molecule has 3 heteroatoms. The topological polar surface area (TPSA) is 43.8 Å². The highest BCUT2D eigenvalue weighted by atomic mass is 15.2. The maximum absolute atomic E-state index is 6.45. The van der Waals surface area contributed by atoms with Crippen molar-refractivity contribution in [3.05, 3.63) is 115 Å². The molecule has 2 N–H and O–H groups in total. The second-order valence-electron chi connectivity index (χ2n) is 7.15. The quantitative estimate of drug-likeness (QED) is 0.385. The first-order valence-corrected chi connectivity index (χ1v) is 9.96. The second kappa shape index (κ2) is 7.72. The van der Waals surface area contributed by atoms with Crippen LogP contribution in [0.3, 0.4) is 0 Å². The molecule has 3 nitrogen and oxygen atoms in total. The van der Waals surface area contributed by atoms with Crippen molar-refractivity contribution in [2.45, 2.75) is 0 Å². The van der Waals surface area contributed by atoms with Gasteiger partial charge in [-0.1, -0.05) is 103 Å². The lowest BCUT2D eigenvalue weighted by Gasteiger charge is -2.13. The summed E-state index contributed by atoms with van der Waals surface area (Å²) < 4.78 is 2.03. The number of nitrogens with zero attached hydrogens (tertiary/aromatic N) is 2. The molecule has 5 aromatic rings. The molecule has 0 saturated heterocycles. The minimum absolute atomic E-state index is 0.472. The second-order valence-corrected chi connectivity index (χ2v) is 7.15. The molecule has 144 valence electrons. The zero-order valence-corrected chi connectivity index (χ0v) is 16.4. The van der Waals surface area contributed by atoms with E-state index in [0.717, 1.165) is 28.2 Å². The van der Waals surface area contributed by atoms with Crippen LogP contribution in [0.5, 0.6) is 0 Å². The monoisotopic (exact) mass is 387 g/mol. The Labute approximate surface area is 176 Å². The van der Waals surface area contributed by atoms with Gasteiger partial charge in [-0.15, -0.1) is 0 Å². The lowest BCUT2D eigenvalue weighted by molar-refractivity contribution is 1.08. The molecule has 0 spiro atoms. The van der Waals surface area contributed by atoms with E-state index in [-0.39, 0.29) is 0 Å². The highest BCUT2D eigenvalue weighted by Crippen LogP contribution is 2.36. The normalized spacial score (nSPS) is 10.8. The molecule has 0 saturated carbocycles. The van der Waals surface area contributed by atoms with Crippen molar-refractivity contribution in [2.24, 2.45) is 0 Å². The summed E-state index contributed by atoms with van der Waals surface area (Å²) in [5.41, 5.74) is 13.8. The lowest BCUT2D eigenvalue weighted by Crippen LogP contribution is -2.02. The van der Waals surface area contributed by atoms with E-state index in [2.05, 4.69) is 72.8 Å². The largest absolute Gasteiger partial charge is 0.369 e. The minimum atomic E-state index is 0.472. The highest BCUT2D eigenvalue weighted by Gasteiger charge is 2.19. The fraction of sp³-hybridized carbons (Fsp3) is 0. The van der Waals surface area contributed by atoms with Gasteiger partial charge >= 0.3 is 0 Å². The molecule has 1 aromatic heterocycles. The Hall–Kier alpha value is -4.11. The van der Waals surface area contributed by atoms with Crippen LogP contribution in [0.1, 0.15) is 0 Å². The van der Waals surface area contributed by atoms with E-state index in [9.17, 15) is 0 Å². The van der Waals surface area contributed by atoms with Crippen LogP contribution in [-0.4, -0.2) is 9.55 Å². The predicted molar refractivity (Wildman–Crippen MR) is 124 cm³/mol. The molecule has 0 fully saturated rings. The third-order valence-corrected chi connectivity index (χ3v) is 5.23. The van der Waals surface area contributed by atoms with Crippen molar-refractivity contribution in [2.75, 3.05) is 5.73 Å². The average Bonchev–Trinajstić information content (AvgIpc) is 3.18. The molecule has 0 atom stereocenters. The van der Waals surface area contributed by atoms with Gasteiger partial charge in [0.05, 0.1) is 11.4 Å². The number of imidazole rings is 1. The first-order chi connectivity index (χ1) is 14.8. The highest BCUT2D eigenvalue weighted by molar-refractivity contribution is 5.82. The van der Waals surface area contributed by atoms with Gasteiger partial charge in [0.15, 0.2) is 0 Å². The lowest BCUT2D eigenvalue weighted by atomic mass is 10.0. The summed E-state index contributed by atoms with van der Waals surface area (Å²) in [6.45, 7) is 0. The van der Waals surface area contributed by atoms with Gasteiger partial charge in [-0.3, -0.25) is 4.57 Å². The fourth-order valence-electron chi connectivity index (χ4n) is 3.79. The van der Waals surface area contributed by atoms with Gasteiger partial charge in [-0.25, -0.2) is 4.98 Å². The summed E-state index contributed by atoms with van der Waals surface area (Å²) in [5, 5.41) is 0. The summed E-state index contributed by atoms with van der Waals surface area (Å²) in [6.07, 6.45) is 0. The van der Waals surface area contributed by atoms with Crippen LogP contribution in [0.2, 0.25) is 0 Å². The van der Waals surface area contributed by atoms with Gasteiger partial charge < -0.3 is 5.73 Å². The molecular formula is C27H21N3. The molecular weight excluding hydrogens is 366 g/mol. The third-order valence-electron chi connectivity index (χ3n) is 5.23. The van der Waals surface area contributed by atoms with E-state index in [1.165, 1.54) is 11.1 Å². The van der Waals surface area contributed by atoms with E-state index in [1.807, 2.05) is 47.0 Å². The molecule has 0 radical (unpaired) electrons. The number of nitrogen functional groups attached to an aromatic ring is 1. The van der Waals surface area contributed by atoms with E-state index in [1.54, 1.807) is 0 Å². The number of hydrogen-bond acceptors (Lipinski definition) is 2. The minimum Gasteiger partial charge on any atom is -0.369 e. The number of aromatic nitrogens is 2. The number of hydrogen-bond donors (Lipinski definition) is 1. The van der Waals surface area contributed by atoms with Gasteiger partial charge in [0, 0.05) is 16.8 Å². The maximum Gasteiger partial charge on any atom is 0.205 e. The van der Waals surface area contributed by atoms with E-state index >= 15 is 0 Å². The number of benzene rings is 4. The van der Waals surface area contributed by atoms with Crippen molar-refractivity contribution in [1.82, 2.24) is 9.55 Å². The Kier molecular flexibility index (Phi) is 4.62. The van der Waals surface area contributed by atoms with Crippen molar-refractivity contribution >= 4 is 5.95 Å². The van der Waals surface area contributed by atoms with Crippen LogP contribution < -0.4 is 5.73 Å². The van der Waals surface area contributed by atoms with Crippen LogP contribution in [0.15, 0.2) is 115 Å². The Morgan fingerprint density at radius 3 is 1.53 bits per heavy atom. The summed E-state index contributed by atoms with van der Waals surface area (Å²) >= 11 is 0. The van der Waals surface area contributed by atoms with E-state index in [0.29, 0.717) is 5.95 Å². The van der Waals surface area contributed by atoms with Crippen LogP contribution in [0.25, 0.3) is 39.3 Å². The van der Waals surface area contributed by atoms with Crippen molar-refractivity contribution < 1.29 is 0 Å². The molecule has 0 bridgehead atoms. The molecule has 0 amide bonds. The van der Waals surface area contributed by atoms with Gasteiger partial charge in [0.1, 0.15) is 0 Å². The van der Waals surface area contributed by atoms with Crippen LogP contribution >= 0.6 is 0 Å². The molecule has 1 heterocycles. The van der Waals surface area contributed by atoms with Crippen molar-refractivity contribution in [1.29, 1.82) is 0 Å². The van der Waals surface area contributed by atoms with E-state index < -0.39 is 0 Å². The van der Waals surface area contributed by atoms with Crippen LogP contribution in [-0.2, 0) is 0 Å². The van der Waals surface area contributed by atoms with Crippen molar-refractivity contribution in [3.63, 3.8) is 0 Å². The Bertz CT molecular complexity index is 1260. The van der Waals surface area contributed by atoms with Crippen LogP contribution in [0.4, 0.5) is 5.95 Å². The molecule has 4 aromatic carbocycles. The molecule has 30 heavy (non-hydrogen) atoms. The number of rotatable bonds is 4. The first-order valence-electron chi connectivity index (χ1n) is 9.96. The molecule has 0 aliphatic heterocycles. The Morgan fingerprint density at radius 2 is 0.967 bits per heavy atom. The molecule has 5 rings (SSSR count). The Balaban J connectivity index is 1.68. The van der Waals surface area contributed by atoms with Crippen LogP contribution in [0, 0.1) is 0 Å². The number of anilines is 1. The summed E-state index contributed by atoms with van der Waals surface area (Å²) in [6, 6.07) is 39.3. The van der Waals surface area contributed by atoms with Gasteiger partial charge in [-0.2, -0.15) is 0 Å². The average molecular weight is 387 g/mol. The molecule has 0 aliphatic rings. The zero-order chi connectivity index (χ0) is 20.3. The standard InChI is InChI=1S/C27H21N3/c28-27-29-25(22-12-6-2-7-13-22)26(23-14-8-3-9-15-23)30(27)24-18-16-21(17-19-24)20-10-4-1-5-11-20/h1-19H,(H2,28,29). The first kappa shape index (κ1) is 18.0. The smallest absolute Gasteiger partial charge is 0.205 e. The van der Waals surface area contributed by atoms with Crippen molar-refractivity contribution in [3.8, 4) is 39.3 Å². The molecule has 0 aliphatic carbocycles. The zero-order valence-electron chi connectivity index (χ0n) is 16.4. The van der Waals surface area contributed by atoms with Gasteiger partial charge in [-0.05, 0) is 23.3 Å². The SMILES string of the molecule is Nc1nc(-c2ccccc2)c(-c2ccccc2)n1-c1ccc(-c2ccccc2)cc1. The molecule has 0 unspecified atom stereocenters. The third kappa shape index (κ3) is 3.27. The summed E-state index contributed by atoms with van der Waals surface area (Å²) in [5.74, 6) is 0.472. The maximum atomic E-state index is 6.45. The van der Waals surface area contributed by atoms with E-state index in [4.69, 9.17) is 10.7 Å². The Morgan fingerprint density at radius 1 is 0.500 bits per heavy atom. The van der Waals surface area contributed by atoms with Gasteiger partial charge in [0.2, 0.25) is 5.95 Å². The predicted octanol–water partition coefficient (Wildman–Crippen LogP) is 6.46. The summed E-state index contributed by atoms with van der Waals surface area (Å²) in [4.78, 5) is 4.75. The summed E-state index contributed by atoms with van der Waals surface area (Å²) in [7, 11) is 0. The number of nitrogens with two attached hydrogens (primary N) is 1. The fourth-order valence-corrected chi connectivity index (χ4v) is 3.79. The van der Waals surface area contributed by atoms with Gasteiger partial charge in [0.25, 0.3) is 0 Å².